The molecule has 2 aliphatic heterocycles. The van der Waals surface area contributed by atoms with Gasteiger partial charge < -0.3 is 15.4 Å². The van der Waals surface area contributed by atoms with Crippen molar-refractivity contribution in [2.24, 2.45) is 23.7 Å². The van der Waals surface area contributed by atoms with Crippen LogP contribution in [0.3, 0.4) is 0 Å². The van der Waals surface area contributed by atoms with Crippen molar-refractivity contribution in [1.82, 2.24) is 10.6 Å². The third kappa shape index (κ3) is 6.60. The molecule has 3 atom stereocenters. The molecule has 0 aliphatic carbocycles. The Kier molecular flexibility index (Phi) is 9.48. The molecular weight excluding hydrogens is 312 g/mol. The molecule has 2 rings (SSSR count). The number of halogens is 1. The number of carbonyl (C=O) groups excluding carboxylic acids is 1. The molecule has 0 bridgehead atoms. The van der Waals surface area contributed by atoms with Crippen molar-refractivity contribution >= 4 is 18.3 Å². The zero-order valence-corrected chi connectivity index (χ0v) is 15.8. The van der Waals surface area contributed by atoms with E-state index >= 15 is 0 Å². The third-order valence-electron chi connectivity index (χ3n) is 5.41. The third-order valence-corrected chi connectivity index (χ3v) is 5.41. The fourth-order valence-electron chi connectivity index (χ4n) is 4.01. The first-order valence-corrected chi connectivity index (χ1v) is 9.17. The zero-order valence-electron chi connectivity index (χ0n) is 15.0. The van der Waals surface area contributed by atoms with Gasteiger partial charge in [0.15, 0.2) is 0 Å². The van der Waals surface area contributed by atoms with Crippen LogP contribution in [0.5, 0.6) is 0 Å². The standard InChI is InChI=1S/C18H34N2O2.ClH/c1-13(2)18-16(5-4-10-22-18)12-20-17(21)11-14(3)15-6-8-19-9-7-15;/h13-16,18-19H,4-12H2,1-3H3,(H,20,21);1H. The van der Waals surface area contributed by atoms with Gasteiger partial charge in [0.1, 0.15) is 0 Å². The zero-order chi connectivity index (χ0) is 15.9. The maximum atomic E-state index is 12.2. The van der Waals surface area contributed by atoms with E-state index in [1.54, 1.807) is 0 Å². The summed E-state index contributed by atoms with van der Waals surface area (Å²) in [5.41, 5.74) is 0. The highest BCUT2D eigenvalue weighted by atomic mass is 35.5. The molecule has 0 aromatic rings. The van der Waals surface area contributed by atoms with Crippen molar-refractivity contribution in [3.8, 4) is 0 Å². The van der Waals surface area contributed by atoms with E-state index in [1.165, 1.54) is 19.3 Å². The number of hydrogen-bond donors (Lipinski definition) is 2. The predicted molar refractivity (Wildman–Crippen MR) is 96.9 cm³/mol. The topological polar surface area (TPSA) is 50.4 Å². The van der Waals surface area contributed by atoms with Crippen LogP contribution in [0, 0.1) is 23.7 Å². The van der Waals surface area contributed by atoms with E-state index in [0.29, 0.717) is 36.2 Å². The molecule has 0 radical (unpaired) electrons. The van der Waals surface area contributed by atoms with E-state index in [9.17, 15) is 4.79 Å². The molecule has 0 aromatic heterocycles. The van der Waals surface area contributed by atoms with Gasteiger partial charge in [-0.2, -0.15) is 0 Å². The Morgan fingerprint density at radius 3 is 2.57 bits per heavy atom. The van der Waals surface area contributed by atoms with E-state index in [2.05, 4.69) is 31.4 Å². The minimum atomic E-state index is 0. The summed E-state index contributed by atoms with van der Waals surface area (Å²) in [5.74, 6) is 2.42. The Labute approximate surface area is 147 Å². The van der Waals surface area contributed by atoms with Gasteiger partial charge in [0.05, 0.1) is 6.10 Å². The summed E-state index contributed by atoms with van der Waals surface area (Å²) >= 11 is 0. The van der Waals surface area contributed by atoms with E-state index in [1.807, 2.05) is 0 Å². The summed E-state index contributed by atoms with van der Waals surface area (Å²) < 4.78 is 5.90. The quantitative estimate of drug-likeness (QED) is 0.777. The Morgan fingerprint density at radius 1 is 1.22 bits per heavy atom. The smallest absolute Gasteiger partial charge is 0.220 e. The summed E-state index contributed by atoms with van der Waals surface area (Å²) in [6.45, 7) is 10.5. The lowest BCUT2D eigenvalue weighted by molar-refractivity contribution is -0.123. The number of hydrogen-bond acceptors (Lipinski definition) is 3. The largest absolute Gasteiger partial charge is 0.378 e. The van der Waals surface area contributed by atoms with Gasteiger partial charge in [0.2, 0.25) is 5.91 Å². The first-order valence-electron chi connectivity index (χ1n) is 9.17. The summed E-state index contributed by atoms with van der Waals surface area (Å²) in [6.07, 6.45) is 5.68. The van der Waals surface area contributed by atoms with Crippen LogP contribution in [-0.2, 0) is 9.53 Å². The summed E-state index contributed by atoms with van der Waals surface area (Å²) in [4.78, 5) is 12.2. The molecule has 5 heteroatoms. The van der Waals surface area contributed by atoms with Crippen molar-refractivity contribution in [3.05, 3.63) is 0 Å². The lowest BCUT2D eigenvalue weighted by atomic mass is 9.84. The molecule has 3 unspecified atom stereocenters. The number of piperidine rings is 1. The first-order chi connectivity index (χ1) is 10.6. The van der Waals surface area contributed by atoms with Crippen molar-refractivity contribution in [3.63, 3.8) is 0 Å². The molecular formula is C18H35ClN2O2. The van der Waals surface area contributed by atoms with E-state index in [4.69, 9.17) is 4.74 Å². The number of rotatable bonds is 6. The van der Waals surface area contributed by atoms with Crippen molar-refractivity contribution in [1.29, 1.82) is 0 Å². The van der Waals surface area contributed by atoms with Crippen LogP contribution in [0.1, 0.15) is 52.9 Å². The van der Waals surface area contributed by atoms with Gasteiger partial charge in [-0.15, -0.1) is 12.4 Å². The summed E-state index contributed by atoms with van der Waals surface area (Å²) in [6, 6.07) is 0. The highest BCUT2D eigenvalue weighted by molar-refractivity contribution is 5.85. The fourth-order valence-corrected chi connectivity index (χ4v) is 4.01. The first kappa shape index (κ1) is 20.7. The lowest BCUT2D eigenvalue weighted by Crippen LogP contribution is -2.42. The average molecular weight is 347 g/mol. The molecule has 1 amide bonds. The number of amides is 1. The van der Waals surface area contributed by atoms with E-state index in [-0.39, 0.29) is 18.3 Å². The molecule has 136 valence electrons. The molecule has 0 aromatic carbocycles. The molecule has 0 spiro atoms. The van der Waals surface area contributed by atoms with E-state index < -0.39 is 0 Å². The van der Waals surface area contributed by atoms with E-state index in [0.717, 1.165) is 32.7 Å². The molecule has 0 saturated carbocycles. The highest BCUT2D eigenvalue weighted by Crippen LogP contribution is 2.26. The van der Waals surface area contributed by atoms with Gasteiger partial charge in [0, 0.05) is 25.5 Å². The maximum absolute atomic E-state index is 12.2. The predicted octanol–water partition coefficient (Wildman–Crippen LogP) is 3.00. The van der Waals surface area contributed by atoms with Crippen LogP contribution in [0.4, 0.5) is 0 Å². The monoisotopic (exact) mass is 346 g/mol. The molecule has 2 N–H and O–H groups in total. The minimum absolute atomic E-state index is 0. The normalized spacial score (nSPS) is 27.3. The van der Waals surface area contributed by atoms with Crippen LogP contribution in [0.2, 0.25) is 0 Å². The van der Waals surface area contributed by atoms with Crippen LogP contribution in [0.25, 0.3) is 0 Å². The number of ether oxygens (including phenoxy) is 1. The van der Waals surface area contributed by atoms with Crippen LogP contribution >= 0.6 is 12.4 Å². The second-order valence-corrected chi connectivity index (χ2v) is 7.55. The van der Waals surface area contributed by atoms with Gasteiger partial charge in [-0.05, 0) is 56.5 Å². The van der Waals surface area contributed by atoms with Gasteiger partial charge in [-0.3, -0.25) is 4.79 Å². The Bertz CT molecular complexity index is 346. The average Bonchev–Trinajstić information content (AvgIpc) is 2.54. The molecule has 2 heterocycles. The molecule has 2 aliphatic rings. The van der Waals surface area contributed by atoms with Gasteiger partial charge >= 0.3 is 0 Å². The van der Waals surface area contributed by atoms with Crippen LogP contribution < -0.4 is 10.6 Å². The fraction of sp³-hybridized carbons (Fsp3) is 0.944. The Hall–Kier alpha value is -0.320. The Morgan fingerprint density at radius 2 is 1.91 bits per heavy atom. The minimum Gasteiger partial charge on any atom is -0.378 e. The van der Waals surface area contributed by atoms with Crippen molar-refractivity contribution in [2.75, 3.05) is 26.2 Å². The van der Waals surface area contributed by atoms with Crippen LogP contribution in [0.15, 0.2) is 0 Å². The molecule has 23 heavy (non-hydrogen) atoms. The number of carbonyl (C=O) groups is 1. The number of nitrogens with one attached hydrogen (secondary N) is 2. The van der Waals surface area contributed by atoms with Gasteiger partial charge in [0.25, 0.3) is 0 Å². The lowest BCUT2D eigenvalue weighted by Gasteiger charge is -2.34. The Balaban J connectivity index is 0.00000264. The second-order valence-electron chi connectivity index (χ2n) is 7.55. The van der Waals surface area contributed by atoms with Crippen LogP contribution in [-0.4, -0.2) is 38.3 Å². The molecule has 4 nitrogen and oxygen atoms in total. The molecule has 2 saturated heterocycles. The maximum Gasteiger partial charge on any atom is 0.220 e. The second kappa shape index (κ2) is 10.5. The van der Waals surface area contributed by atoms with Gasteiger partial charge in [-0.1, -0.05) is 20.8 Å². The molecule has 2 fully saturated rings. The van der Waals surface area contributed by atoms with Crippen molar-refractivity contribution in [2.45, 2.75) is 59.0 Å². The SMILES string of the molecule is CC(C)C1OCCCC1CNC(=O)CC(C)C1CCNCC1.Cl. The highest BCUT2D eigenvalue weighted by Gasteiger charge is 2.29. The van der Waals surface area contributed by atoms with Gasteiger partial charge in [-0.25, -0.2) is 0 Å². The summed E-state index contributed by atoms with van der Waals surface area (Å²) in [7, 11) is 0. The van der Waals surface area contributed by atoms with Crippen molar-refractivity contribution < 1.29 is 9.53 Å². The summed E-state index contributed by atoms with van der Waals surface area (Å²) in [5, 5.41) is 6.56.